The van der Waals surface area contributed by atoms with E-state index in [1.165, 1.54) is 6.42 Å². The summed E-state index contributed by atoms with van der Waals surface area (Å²) < 4.78 is 11.8. The zero-order valence-electron chi connectivity index (χ0n) is 16.0. The second kappa shape index (κ2) is 6.94. The molecule has 1 aliphatic heterocycles. The summed E-state index contributed by atoms with van der Waals surface area (Å²) >= 11 is 12.7. The van der Waals surface area contributed by atoms with Crippen molar-refractivity contribution >= 4 is 39.9 Å². The van der Waals surface area contributed by atoms with Crippen LogP contribution in [0.25, 0.3) is 11.0 Å². The van der Waals surface area contributed by atoms with Gasteiger partial charge in [0, 0.05) is 29.9 Å². The van der Waals surface area contributed by atoms with Gasteiger partial charge in [-0.2, -0.15) is 0 Å². The van der Waals surface area contributed by atoms with Crippen LogP contribution in [-0.4, -0.2) is 37.0 Å². The van der Waals surface area contributed by atoms with Gasteiger partial charge in [0.2, 0.25) is 0 Å². The number of furan rings is 1. The number of hydrogen-bond acceptors (Lipinski definition) is 4. The molecule has 2 fully saturated rings. The number of benzene rings is 1. The third-order valence-corrected chi connectivity index (χ3v) is 7.18. The van der Waals surface area contributed by atoms with Gasteiger partial charge in [-0.3, -0.25) is 0 Å². The van der Waals surface area contributed by atoms with Crippen molar-refractivity contribution in [3.63, 3.8) is 0 Å². The largest absolute Gasteiger partial charge is 0.457 e. The summed E-state index contributed by atoms with van der Waals surface area (Å²) in [6.07, 6.45) is 7.27. The van der Waals surface area contributed by atoms with Crippen molar-refractivity contribution in [2.45, 2.75) is 31.8 Å². The smallest absolute Gasteiger partial charge is 0.155 e. The Morgan fingerprint density at radius 3 is 2.64 bits per heavy atom. The zero-order valence-corrected chi connectivity index (χ0v) is 17.5. The Kier molecular flexibility index (Phi) is 4.66. The Bertz CT molecular complexity index is 929. The Balaban J connectivity index is 1.56. The Morgan fingerprint density at radius 1 is 1.18 bits per heavy atom. The van der Waals surface area contributed by atoms with E-state index in [9.17, 15) is 5.11 Å². The Labute approximate surface area is 175 Å². The first-order valence-electron chi connectivity index (χ1n) is 10.1. The highest BCUT2D eigenvalue weighted by atomic mass is 35.5. The Hall–Kier alpha value is -1.20. The highest BCUT2D eigenvalue weighted by molar-refractivity contribution is 6.38. The monoisotopic (exact) mass is 421 g/mol. The van der Waals surface area contributed by atoms with Crippen LogP contribution in [-0.2, 0) is 11.2 Å². The molecule has 2 heterocycles. The molecule has 0 amide bonds. The quantitative estimate of drug-likeness (QED) is 0.698. The van der Waals surface area contributed by atoms with Crippen molar-refractivity contribution in [2.24, 2.45) is 17.8 Å². The molecule has 2 aliphatic carbocycles. The minimum Gasteiger partial charge on any atom is -0.457 e. The molecular formula is C22H25Cl2NO3. The molecule has 1 saturated carbocycles. The van der Waals surface area contributed by atoms with Crippen molar-refractivity contribution in [3.05, 3.63) is 40.1 Å². The van der Waals surface area contributed by atoms with Crippen LogP contribution in [0.5, 0.6) is 0 Å². The van der Waals surface area contributed by atoms with Gasteiger partial charge in [0.05, 0.1) is 29.5 Å². The molecule has 5 rings (SSSR count). The second-order valence-electron chi connectivity index (χ2n) is 8.66. The van der Waals surface area contributed by atoms with Crippen molar-refractivity contribution in [3.8, 4) is 0 Å². The van der Waals surface area contributed by atoms with E-state index in [1.807, 2.05) is 13.0 Å². The van der Waals surface area contributed by atoms with Gasteiger partial charge in [-0.25, -0.2) is 0 Å². The molecule has 1 aromatic carbocycles. The minimum absolute atomic E-state index is 0.257. The average molecular weight is 422 g/mol. The van der Waals surface area contributed by atoms with E-state index in [4.69, 9.17) is 32.4 Å². The van der Waals surface area contributed by atoms with Crippen molar-refractivity contribution in [1.29, 1.82) is 0 Å². The third kappa shape index (κ3) is 3.15. The molecule has 2 bridgehead atoms. The number of fused-ring (bicyclic) bond motifs is 3. The van der Waals surface area contributed by atoms with E-state index >= 15 is 0 Å². The highest BCUT2D eigenvalue weighted by Gasteiger charge is 2.46. The third-order valence-electron chi connectivity index (χ3n) is 6.68. The maximum Gasteiger partial charge on any atom is 0.155 e. The van der Waals surface area contributed by atoms with Crippen LogP contribution in [0.3, 0.4) is 0 Å². The molecule has 1 N–H and O–H groups in total. The molecule has 4 nitrogen and oxygen atoms in total. The minimum atomic E-state index is -0.838. The first-order valence-corrected chi connectivity index (χ1v) is 10.8. The SMILES string of the molecule is CC(O)(Cc1oc2c(Cl)cc(Cl)cc2c1N1CCOCC1)C1CC2C=CC1C2. The number of morpholine rings is 1. The molecule has 4 atom stereocenters. The molecule has 3 aliphatic rings. The first kappa shape index (κ1) is 18.8. The fourth-order valence-electron chi connectivity index (χ4n) is 5.37. The van der Waals surface area contributed by atoms with Crippen LogP contribution in [0.2, 0.25) is 10.0 Å². The normalized spacial score (nSPS) is 29.0. The second-order valence-corrected chi connectivity index (χ2v) is 9.50. The summed E-state index contributed by atoms with van der Waals surface area (Å²) in [6.45, 7) is 4.87. The molecular weight excluding hydrogens is 397 g/mol. The summed E-state index contributed by atoms with van der Waals surface area (Å²) in [5.74, 6) is 2.13. The lowest BCUT2D eigenvalue weighted by Gasteiger charge is -2.35. The molecule has 150 valence electrons. The first-order chi connectivity index (χ1) is 13.4. The number of rotatable bonds is 4. The summed E-state index contributed by atoms with van der Waals surface area (Å²) in [5.41, 5.74) is 0.808. The van der Waals surface area contributed by atoms with Crippen molar-refractivity contribution in [2.75, 3.05) is 31.2 Å². The summed E-state index contributed by atoms with van der Waals surface area (Å²) in [6, 6.07) is 3.62. The molecule has 0 spiro atoms. The average Bonchev–Trinajstić information content (AvgIpc) is 3.36. The van der Waals surface area contributed by atoms with E-state index in [0.717, 1.165) is 36.3 Å². The van der Waals surface area contributed by atoms with E-state index in [1.54, 1.807) is 6.07 Å². The molecule has 6 heteroatoms. The van der Waals surface area contributed by atoms with E-state index in [2.05, 4.69) is 17.1 Å². The van der Waals surface area contributed by atoms with Gasteiger partial charge in [-0.15, -0.1) is 0 Å². The topological polar surface area (TPSA) is 45.8 Å². The fourth-order valence-corrected chi connectivity index (χ4v) is 5.90. The van der Waals surface area contributed by atoms with Crippen LogP contribution in [0.15, 0.2) is 28.7 Å². The predicted octanol–water partition coefficient (Wildman–Crippen LogP) is 5.08. The molecule has 1 aromatic heterocycles. The maximum atomic E-state index is 11.5. The van der Waals surface area contributed by atoms with Gasteiger partial charge < -0.3 is 19.2 Å². The van der Waals surface area contributed by atoms with E-state index in [0.29, 0.717) is 47.1 Å². The van der Waals surface area contributed by atoms with Crippen LogP contribution in [0, 0.1) is 17.8 Å². The van der Waals surface area contributed by atoms with Crippen LogP contribution < -0.4 is 4.90 Å². The molecule has 0 radical (unpaired) electrons. The van der Waals surface area contributed by atoms with Crippen LogP contribution >= 0.6 is 23.2 Å². The summed E-state index contributed by atoms with van der Waals surface area (Å²) in [4.78, 5) is 2.27. The number of anilines is 1. The molecule has 2 aromatic rings. The number of ether oxygens (including phenoxy) is 1. The van der Waals surface area contributed by atoms with Gasteiger partial charge in [-0.1, -0.05) is 35.4 Å². The fraction of sp³-hybridized carbons (Fsp3) is 0.545. The molecule has 28 heavy (non-hydrogen) atoms. The summed E-state index contributed by atoms with van der Waals surface area (Å²) in [7, 11) is 0. The van der Waals surface area contributed by atoms with E-state index < -0.39 is 5.60 Å². The lowest BCUT2D eigenvalue weighted by molar-refractivity contribution is -0.0150. The number of aliphatic hydroxyl groups is 1. The van der Waals surface area contributed by atoms with Gasteiger partial charge in [-0.05, 0) is 49.7 Å². The van der Waals surface area contributed by atoms with Crippen molar-refractivity contribution in [1.82, 2.24) is 0 Å². The standard InChI is InChI=1S/C22H25Cl2NO3/c1-22(26,17-9-13-2-3-14(17)8-13)12-19-20(25-4-6-27-7-5-25)16-10-15(23)11-18(24)21(16)28-19/h2-3,10-11,13-14,17,26H,4-9,12H2,1H3. The van der Waals surface area contributed by atoms with Gasteiger partial charge in [0.15, 0.2) is 5.58 Å². The van der Waals surface area contributed by atoms with Crippen LogP contribution in [0.4, 0.5) is 5.69 Å². The molecule has 1 saturated heterocycles. The molecule has 4 unspecified atom stereocenters. The van der Waals surface area contributed by atoms with Crippen molar-refractivity contribution < 1.29 is 14.3 Å². The number of nitrogens with zero attached hydrogens (tertiary/aromatic N) is 1. The number of hydrogen-bond donors (Lipinski definition) is 1. The highest BCUT2D eigenvalue weighted by Crippen LogP contribution is 2.50. The lowest BCUT2D eigenvalue weighted by atomic mass is 9.77. The summed E-state index contributed by atoms with van der Waals surface area (Å²) in [5, 5.41) is 13.5. The number of halogens is 2. The van der Waals surface area contributed by atoms with Crippen LogP contribution in [0.1, 0.15) is 25.5 Å². The van der Waals surface area contributed by atoms with Gasteiger partial charge in [0.1, 0.15) is 5.76 Å². The zero-order chi connectivity index (χ0) is 19.5. The predicted molar refractivity (Wildman–Crippen MR) is 112 cm³/mol. The Morgan fingerprint density at radius 2 is 1.96 bits per heavy atom. The number of allylic oxidation sites excluding steroid dienone is 2. The van der Waals surface area contributed by atoms with Gasteiger partial charge in [0.25, 0.3) is 0 Å². The van der Waals surface area contributed by atoms with Gasteiger partial charge >= 0.3 is 0 Å². The lowest BCUT2D eigenvalue weighted by Crippen LogP contribution is -2.40. The van der Waals surface area contributed by atoms with E-state index in [-0.39, 0.29) is 5.92 Å². The maximum absolute atomic E-state index is 11.5.